The molecule has 0 atom stereocenters. The molecule has 0 aliphatic rings. The van der Waals surface area contributed by atoms with Crippen molar-refractivity contribution in [3.05, 3.63) is 54.0 Å². The highest BCUT2D eigenvalue weighted by atomic mass is 19.1. The number of imidazole rings is 1. The van der Waals surface area contributed by atoms with E-state index in [1.807, 2.05) is 6.07 Å². The number of H-pyrrole nitrogens is 1. The lowest BCUT2D eigenvalue weighted by molar-refractivity contribution is -0.114. The summed E-state index contributed by atoms with van der Waals surface area (Å²) in [4.78, 5) is 18.2. The van der Waals surface area contributed by atoms with Crippen molar-refractivity contribution in [1.29, 1.82) is 0 Å². The molecule has 0 aliphatic heterocycles. The molecule has 0 spiro atoms. The van der Waals surface area contributed by atoms with Gasteiger partial charge in [-0.15, -0.1) is 10.2 Å². The summed E-state index contributed by atoms with van der Waals surface area (Å²) in [6, 6.07) is 10.1. The standard InChI is InChI=1S/C19H21FN6O/c1-12(27)23-18-21-10-16(24-18)15-8-9-17(26-25-15)22-11-19(2,3)13-4-6-14(20)7-5-13/h4-10H,11H2,1-3H3,(H,22,26)(H2,21,23,24,27). The number of hydrogen-bond donors (Lipinski definition) is 3. The van der Waals surface area contributed by atoms with Crippen LogP contribution in [0.25, 0.3) is 11.4 Å². The van der Waals surface area contributed by atoms with E-state index in [4.69, 9.17) is 0 Å². The average Bonchev–Trinajstić information content (AvgIpc) is 3.08. The number of carbonyl (C=O) groups is 1. The van der Waals surface area contributed by atoms with Gasteiger partial charge in [0.2, 0.25) is 11.9 Å². The SMILES string of the molecule is CC(=O)Nc1nc(-c2ccc(NCC(C)(C)c3ccc(F)cc3)nn2)c[nH]1. The van der Waals surface area contributed by atoms with Crippen LogP contribution >= 0.6 is 0 Å². The Balaban J connectivity index is 1.64. The van der Waals surface area contributed by atoms with E-state index in [0.29, 0.717) is 29.7 Å². The van der Waals surface area contributed by atoms with Gasteiger partial charge in [0.1, 0.15) is 23.0 Å². The molecule has 2 heterocycles. The van der Waals surface area contributed by atoms with Crippen LogP contribution in [0.15, 0.2) is 42.6 Å². The smallest absolute Gasteiger partial charge is 0.223 e. The molecule has 1 amide bonds. The number of carbonyl (C=O) groups excluding carboxylic acids is 1. The van der Waals surface area contributed by atoms with Gasteiger partial charge in [-0.1, -0.05) is 26.0 Å². The maximum atomic E-state index is 13.1. The van der Waals surface area contributed by atoms with E-state index in [9.17, 15) is 9.18 Å². The van der Waals surface area contributed by atoms with Crippen LogP contribution in [0.3, 0.4) is 0 Å². The molecule has 0 fully saturated rings. The number of nitrogens with one attached hydrogen (secondary N) is 3. The third-order valence-electron chi connectivity index (χ3n) is 4.14. The summed E-state index contributed by atoms with van der Waals surface area (Å²) in [5.41, 5.74) is 2.00. The van der Waals surface area contributed by atoms with E-state index in [0.717, 1.165) is 5.56 Å². The Bertz CT molecular complexity index is 918. The monoisotopic (exact) mass is 368 g/mol. The lowest BCUT2D eigenvalue weighted by Gasteiger charge is -2.25. The fraction of sp³-hybridized carbons (Fsp3) is 0.263. The molecule has 3 rings (SSSR count). The Hall–Kier alpha value is -3.29. The van der Waals surface area contributed by atoms with E-state index >= 15 is 0 Å². The molecule has 0 aliphatic carbocycles. The minimum atomic E-state index is -0.246. The minimum Gasteiger partial charge on any atom is -0.368 e. The van der Waals surface area contributed by atoms with Gasteiger partial charge in [0, 0.05) is 25.1 Å². The molecule has 140 valence electrons. The van der Waals surface area contributed by atoms with Gasteiger partial charge in [-0.3, -0.25) is 10.1 Å². The molecule has 8 heteroatoms. The summed E-state index contributed by atoms with van der Waals surface area (Å²) in [5, 5.41) is 14.2. The maximum Gasteiger partial charge on any atom is 0.223 e. The molecule has 0 radical (unpaired) electrons. The van der Waals surface area contributed by atoms with Crippen LogP contribution in [0.5, 0.6) is 0 Å². The first kappa shape index (κ1) is 18.5. The number of anilines is 2. The minimum absolute atomic E-state index is 0.203. The highest BCUT2D eigenvalue weighted by molar-refractivity contribution is 5.87. The zero-order valence-corrected chi connectivity index (χ0v) is 15.4. The molecule has 27 heavy (non-hydrogen) atoms. The Labute approximate surface area is 156 Å². The van der Waals surface area contributed by atoms with Gasteiger partial charge in [0.05, 0.1) is 0 Å². The van der Waals surface area contributed by atoms with Crippen molar-refractivity contribution >= 4 is 17.7 Å². The van der Waals surface area contributed by atoms with Crippen molar-refractivity contribution in [3.63, 3.8) is 0 Å². The Morgan fingerprint density at radius 3 is 2.48 bits per heavy atom. The first-order chi connectivity index (χ1) is 12.8. The van der Waals surface area contributed by atoms with Crippen LogP contribution in [-0.4, -0.2) is 32.6 Å². The Morgan fingerprint density at radius 2 is 1.85 bits per heavy atom. The van der Waals surface area contributed by atoms with Gasteiger partial charge in [0.15, 0.2) is 0 Å². The zero-order valence-electron chi connectivity index (χ0n) is 15.4. The van der Waals surface area contributed by atoms with E-state index < -0.39 is 0 Å². The van der Waals surface area contributed by atoms with E-state index in [1.54, 1.807) is 24.4 Å². The topological polar surface area (TPSA) is 95.6 Å². The number of aromatic nitrogens is 4. The van der Waals surface area contributed by atoms with Gasteiger partial charge in [-0.25, -0.2) is 9.37 Å². The second-order valence-corrected chi connectivity index (χ2v) is 6.86. The fourth-order valence-corrected chi connectivity index (χ4v) is 2.56. The average molecular weight is 368 g/mol. The molecule has 3 N–H and O–H groups in total. The molecule has 7 nitrogen and oxygen atoms in total. The Morgan fingerprint density at radius 1 is 1.11 bits per heavy atom. The van der Waals surface area contributed by atoms with Crippen LogP contribution in [0.1, 0.15) is 26.3 Å². The van der Waals surface area contributed by atoms with Crippen molar-refractivity contribution in [3.8, 4) is 11.4 Å². The lowest BCUT2D eigenvalue weighted by atomic mass is 9.84. The van der Waals surface area contributed by atoms with Crippen molar-refractivity contribution in [1.82, 2.24) is 20.2 Å². The molecule has 0 bridgehead atoms. The number of halogens is 1. The summed E-state index contributed by atoms with van der Waals surface area (Å²) in [5.74, 6) is 0.545. The number of benzene rings is 1. The number of rotatable bonds is 6. The molecule has 2 aromatic heterocycles. The van der Waals surface area contributed by atoms with Gasteiger partial charge in [0.25, 0.3) is 0 Å². The largest absolute Gasteiger partial charge is 0.368 e. The van der Waals surface area contributed by atoms with Crippen LogP contribution in [0.2, 0.25) is 0 Å². The van der Waals surface area contributed by atoms with Crippen molar-refractivity contribution in [2.45, 2.75) is 26.2 Å². The highest BCUT2D eigenvalue weighted by Gasteiger charge is 2.20. The van der Waals surface area contributed by atoms with Gasteiger partial charge < -0.3 is 10.3 Å². The van der Waals surface area contributed by atoms with Crippen molar-refractivity contribution in [2.24, 2.45) is 0 Å². The molecule has 0 unspecified atom stereocenters. The van der Waals surface area contributed by atoms with Crippen molar-refractivity contribution in [2.75, 3.05) is 17.2 Å². The first-order valence-corrected chi connectivity index (χ1v) is 8.50. The van der Waals surface area contributed by atoms with E-state index in [2.05, 4.69) is 44.6 Å². The maximum absolute atomic E-state index is 13.1. The Kier molecular flexibility index (Phi) is 5.16. The molecule has 0 saturated carbocycles. The second kappa shape index (κ2) is 7.53. The molecule has 3 aromatic rings. The van der Waals surface area contributed by atoms with Gasteiger partial charge in [-0.05, 0) is 29.8 Å². The number of nitrogens with zero attached hydrogens (tertiary/aromatic N) is 3. The van der Waals surface area contributed by atoms with Crippen LogP contribution in [0.4, 0.5) is 16.2 Å². The zero-order chi connectivity index (χ0) is 19.4. The molecular formula is C19H21FN6O. The highest BCUT2D eigenvalue weighted by Crippen LogP contribution is 2.24. The summed E-state index contributed by atoms with van der Waals surface area (Å²) in [6.45, 7) is 6.17. The first-order valence-electron chi connectivity index (χ1n) is 8.50. The number of hydrogen-bond acceptors (Lipinski definition) is 5. The fourth-order valence-electron chi connectivity index (χ4n) is 2.56. The normalized spacial score (nSPS) is 11.3. The third-order valence-corrected chi connectivity index (χ3v) is 4.14. The quantitative estimate of drug-likeness (QED) is 0.620. The van der Waals surface area contributed by atoms with E-state index in [-0.39, 0.29) is 17.1 Å². The summed E-state index contributed by atoms with van der Waals surface area (Å²) in [7, 11) is 0. The molecule has 0 saturated heterocycles. The third kappa shape index (κ3) is 4.66. The lowest BCUT2D eigenvalue weighted by Crippen LogP contribution is -2.28. The number of amides is 1. The molecular weight excluding hydrogens is 347 g/mol. The van der Waals surface area contributed by atoms with Gasteiger partial charge >= 0.3 is 0 Å². The van der Waals surface area contributed by atoms with Crippen LogP contribution in [-0.2, 0) is 10.2 Å². The summed E-state index contributed by atoms with van der Waals surface area (Å²) in [6.07, 6.45) is 1.65. The molecule has 1 aromatic carbocycles. The summed E-state index contributed by atoms with van der Waals surface area (Å²) < 4.78 is 13.1. The van der Waals surface area contributed by atoms with Gasteiger partial charge in [-0.2, -0.15) is 0 Å². The van der Waals surface area contributed by atoms with Crippen LogP contribution in [0, 0.1) is 5.82 Å². The van der Waals surface area contributed by atoms with Crippen LogP contribution < -0.4 is 10.6 Å². The summed E-state index contributed by atoms with van der Waals surface area (Å²) >= 11 is 0. The predicted octanol–water partition coefficient (Wildman–Crippen LogP) is 3.35. The second-order valence-electron chi connectivity index (χ2n) is 6.86. The predicted molar refractivity (Wildman–Crippen MR) is 102 cm³/mol. The van der Waals surface area contributed by atoms with Crippen molar-refractivity contribution < 1.29 is 9.18 Å². The number of aromatic amines is 1. The van der Waals surface area contributed by atoms with E-state index in [1.165, 1.54) is 19.1 Å².